The van der Waals surface area contributed by atoms with Gasteiger partial charge in [-0.2, -0.15) is 0 Å². The van der Waals surface area contributed by atoms with Crippen LogP contribution in [0.25, 0.3) is 11.1 Å². The zero-order valence-electron chi connectivity index (χ0n) is 12.7. The van der Waals surface area contributed by atoms with Gasteiger partial charge in [-0.25, -0.2) is 4.79 Å². The number of rotatable bonds is 4. The largest absolute Gasteiger partial charge is 0.503 e. The van der Waals surface area contributed by atoms with Crippen molar-refractivity contribution in [2.24, 2.45) is 0 Å². The van der Waals surface area contributed by atoms with Crippen molar-refractivity contribution < 1.29 is 15.0 Å². The number of benzene rings is 2. The highest BCUT2D eigenvalue weighted by molar-refractivity contribution is 5.87. The molecule has 0 atom stereocenters. The Morgan fingerprint density at radius 1 is 0.917 bits per heavy atom. The first-order valence-corrected chi connectivity index (χ1v) is 7.35. The molecule has 0 aliphatic heterocycles. The standard InChI is InChI=1S/C19H15NO4/c21-17-12-20(11-16(18(17)22)19(23)24)10-13-6-8-15(9-7-13)14-4-2-1-3-5-14/h1-9,11-12,21H,10H2,(H,23,24). The molecule has 0 saturated heterocycles. The fourth-order valence-electron chi connectivity index (χ4n) is 2.50. The fourth-order valence-corrected chi connectivity index (χ4v) is 2.50. The van der Waals surface area contributed by atoms with Crippen LogP contribution in [-0.4, -0.2) is 20.7 Å². The minimum Gasteiger partial charge on any atom is -0.503 e. The maximum atomic E-state index is 11.6. The van der Waals surface area contributed by atoms with Crippen LogP contribution in [0.15, 0.2) is 71.8 Å². The third-order valence-electron chi connectivity index (χ3n) is 3.72. The molecule has 0 bridgehead atoms. The van der Waals surface area contributed by atoms with Gasteiger partial charge in [0.25, 0.3) is 0 Å². The van der Waals surface area contributed by atoms with Crippen molar-refractivity contribution in [1.29, 1.82) is 0 Å². The Morgan fingerprint density at radius 3 is 2.17 bits per heavy atom. The Bertz CT molecular complexity index is 928. The van der Waals surface area contributed by atoms with Gasteiger partial charge in [0, 0.05) is 12.7 Å². The zero-order valence-corrected chi connectivity index (χ0v) is 12.7. The second-order valence-corrected chi connectivity index (χ2v) is 5.43. The van der Waals surface area contributed by atoms with Gasteiger partial charge in [0.15, 0.2) is 5.75 Å². The number of pyridine rings is 1. The summed E-state index contributed by atoms with van der Waals surface area (Å²) >= 11 is 0. The van der Waals surface area contributed by atoms with Crippen molar-refractivity contribution in [3.63, 3.8) is 0 Å². The molecule has 1 aromatic heterocycles. The zero-order chi connectivity index (χ0) is 17.1. The summed E-state index contributed by atoms with van der Waals surface area (Å²) in [6.07, 6.45) is 2.47. The molecule has 0 saturated carbocycles. The van der Waals surface area contributed by atoms with E-state index < -0.39 is 22.7 Å². The van der Waals surface area contributed by atoms with Gasteiger partial charge >= 0.3 is 5.97 Å². The molecule has 5 nitrogen and oxygen atoms in total. The van der Waals surface area contributed by atoms with Gasteiger partial charge in [0.2, 0.25) is 5.43 Å². The molecule has 0 unspecified atom stereocenters. The Hall–Kier alpha value is -3.34. The molecule has 0 amide bonds. The highest BCUT2D eigenvalue weighted by Gasteiger charge is 2.13. The highest BCUT2D eigenvalue weighted by atomic mass is 16.4. The van der Waals surface area contributed by atoms with Gasteiger partial charge in [-0.05, 0) is 16.7 Å². The molecular weight excluding hydrogens is 306 g/mol. The first-order valence-electron chi connectivity index (χ1n) is 7.35. The van der Waals surface area contributed by atoms with E-state index in [4.69, 9.17) is 5.11 Å². The fraction of sp³-hybridized carbons (Fsp3) is 0.0526. The van der Waals surface area contributed by atoms with E-state index in [1.165, 1.54) is 17.0 Å². The monoisotopic (exact) mass is 321 g/mol. The average Bonchev–Trinajstić information content (AvgIpc) is 2.59. The van der Waals surface area contributed by atoms with Crippen molar-refractivity contribution in [3.8, 4) is 16.9 Å². The third-order valence-corrected chi connectivity index (χ3v) is 3.72. The number of carboxylic acids is 1. The Labute approximate surface area is 138 Å². The van der Waals surface area contributed by atoms with Crippen LogP contribution < -0.4 is 5.43 Å². The summed E-state index contributed by atoms with van der Waals surface area (Å²) in [5.74, 6) is -1.93. The molecule has 0 spiro atoms. The number of hydrogen-bond acceptors (Lipinski definition) is 3. The number of hydrogen-bond donors (Lipinski definition) is 2. The Balaban J connectivity index is 1.87. The second kappa shape index (κ2) is 6.42. The number of carboxylic acid groups (broad SMARTS) is 1. The van der Waals surface area contributed by atoms with Gasteiger partial charge in [-0.1, -0.05) is 54.6 Å². The summed E-state index contributed by atoms with van der Waals surface area (Å²) in [5.41, 5.74) is 1.79. The summed E-state index contributed by atoms with van der Waals surface area (Å²) < 4.78 is 1.48. The molecule has 0 radical (unpaired) electrons. The molecule has 120 valence electrons. The van der Waals surface area contributed by atoms with Crippen LogP contribution in [0.5, 0.6) is 5.75 Å². The van der Waals surface area contributed by atoms with E-state index in [0.29, 0.717) is 6.54 Å². The molecule has 3 rings (SSSR count). The van der Waals surface area contributed by atoms with E-state index in [-0.39, 0.29) is 0 Å². The number of carbonyl (C=O) groups is 1. The van der Waals surface area contributed by atoms with E-state index in [0.717, 1.165) is 16.7 Å². The van der Waals surface area contributed by atoms with Crippen LogP contribution >= 0.6 is 0 Å². The van der Waals surface area contributed by atoms with E-state index >= 15 is 0 Å². The molecule has 24 heavy (non-hydrogen) atoms. The van der Waals surface area contributed by atoms with Gasteiger partial charge in [-0.3, -0.25) is 4.79 Å². The van der Waals surface area contributed by atoms with Crippen LogP contribution in [0.2, 0.25) is 0 Å². The van der Waals surface area contributed by atoms with Gasteiger partial charge in [0.05, 0.1) is 6.20 Å². The lowest BCUT2D eigenvalue weighted by Crippen LogP contribution is -2.17. The summed E-state index contributed by atoms with van der Waals surface area (Å²) in [6, 6.07) is 17.8. The second-order valence-electron chi connectivity index (χ2n) is 5.43. The Morgan fingerprint density at radius 2 is 1.54 bits per heavy atom. The number of aromatic hydroxyl groups is 1. The van der Waals surface area contributed by atoms with Gasteiger partial charge < -0.3 is 14.8 Å². The lowest BCUT2D eigenvalue weighted by molar-refractivity contribution is 0.0694. The minimum absolute atomic E-state index is 0.350. The summed E-state index contributed by atoms with van der Waals surface area (Å²) in [6.45, 7) is 0.350. The highest BCUT2D eigenvalue weighted by Crippen LogP contribution is 2.19. The molecule has 2 N–H and O–H groups in total. The molecule has 0 fully saturated rings. The smallest absolute Gasteiger partial charge is 0.341 e. The quantitative estimate of drug-likeness (QED) is 0.774. The van der Waals surface area contributed by atoms with Crippen LogP contribution in [0.4, 0.5) is 0 Å². The predicted octanol–water partition coefficient (Wildman–Crippen LogP) is 2.97. The van der Waals surface area contributed by atoms with Crippen molar-refractivity contribution in [2.75, 3.05) is 0 Å². The number of nitrogens with zero attached hydrogens (tertiary/aromatic N) is 1. The van der Waals surface area contributed by atoms with Crippen molar-refractivity contribution in [1.82, 2.24) is 4.57 Å². The molecule has 0 aliphatic rings. The first kappa shape index (κ1) is 15.6. The SMILES string of the molecule is O=C(O)c1cn(Cc2ccc(-c3ccccc3)cc2)cc(O)c1=O. The normalized spacial score (nSPS) is 10.5. The maximum absolute atomic E-state index is 11.6. The van der Waals surface area contributed by atoms with E-state index in [1.807, 2.05) is 54.6 Å². The van der Waals surface area contributed by atoms with E-state index in [1.54, 1.807) is 0 Å². The minimum atomic E-state index is -1.36. The van der Waals surface area contributed by atoms with Crippen LogP contribution in [0.1, 0.15) is 15.9 Å². The van der Waals surface area contributed by atoms with Crippen molar-refractivity contribution >= 4 is 5.97 Å². The molecule has 5 heteroatoms. The molecule has 2 aromatic carbocycles. The van der Waals surface area contributed by atoms with E-state index in [2.05, 4.69) is 0 Å². The molecular formula is C19H15NO4. The van der Waals surface area contributed by atoms with Gasteiger partial charge in [-0.15, -0.1) is 0 Å². The van der Waals surface area contributed by atoms with Crippen LogP contribution in [0, 0.1) is 0 Å². The summed E-state index contributed by atoms with van der Waals surface area (Å²) in [4.78, 5) is 22.6. The third kappa shape index (κ3) is 3.20. The summed E-state index contributed by atoms with van der Waals surface area (Å²) in [5, 5.41) is 18.6. The Kier molecular flexibility index (Phi) is 4.16. The number of aromatic carboxylic acids is 1. The topological polar surface area (TPSA) is 79.5 Å². The first-order chi connectivity index (χ1) is 11.5. The van der Waals surface area contributed by atoms with Crippen molar-refractivity contribution in [3.05, 3.63) is 88.3 Å². The van der Waals surface area contributed by atoms with Crippen molar-refractivity contribution in [2.45, 2.75) is 6.54 Å². The molecule has 1 heterocycles. The predicted molar refractivity (Wildman–Crippen MR) is 90.3 cm³/mol. The molecule has 3 aromatic rings. The average molecular weight is 321 g/mol. The lowest BCUT2D eigenvalue weighted by atomic mass is 10.0. The summed E-state index contributed by atoms with van der Waals surface area (Å²) in [7, 11) is 0. The lowest BCUT2D eigenvalue weighted by Gasteiger charge is -2.09. The van der Waals surface area contributed by atoms with Crippen LogP contribution in [-0.2, 0) is 6.54 Å². The number of aromatic nitrogens is 1. The maximum Gasteiger partial charge on any atom is 0.341 e. The van der Waals surface area contributed by atoms with E-state index in [9.17, 15) is 14.7 Å². The van der Waals surface area contributed by atoms with Gasteiger partial charge in [0.1, 0.15) is 5.56 Å². The van der Waals surface area contributed by atoms with Crippen LogP contribution in [0.3, 0.4) is 0 Å². The molecule has 0 aliphatic carbocycles.